The van der Waals surface area contributed by atoms with Crippen LogP contribution in [-0.2, 0) is 0 Å². The van der Waals surface area contributed by atoms with E-state index in [-0.39, 0.29) is 6.10 Å². The van der Waals surface area contributed by atoms with Crippen LogP contribution in [0.2, 0.25) is 10.0 Å². The van der Waals surface area contributed by atoms with Crippen molar-refractivity contribution < 1.29 is 5.11 Å². The van der Waals surface area contributed by atoms with Crippen molar-refractivity contribution in [3.63, 3.8) is 0 Å². The Bertz CT molecular complexity index is 521. The number of hydrogen-bond donors (Lipinski definition) is 1. The van der Waals surface area contributed by atoms with Crippen molar-refractivity contribution in [2.75, 3.05) is 6.54 Å². The van der Waals surface area contributed by atoms with Crippen LogP contribution in [0.3, 0.4) is 0 Å². The summed E-state index contributed by atoms with van der Waals surface area (Å²) in [6.45, 7) is 0.859. The van der Waals surface area contributed by atoms with Crippen molar-refractivity contribution in [3.05, 3.63) is 33.8 Å². The van der Waals surface area contributed by atoms with Gasteiger partial charge in [0.15, 0.2) is 0 Å². The fraction of sp³-hybridized carbons (Fsp3) is 0.600. The first-order valence-electron chi connectivity index (χ1n) is 7.04. The molecule has 1 N–H and O–H groups in total. The number of aliphatic hydroxyl groups is 1. The molecule has 102 valence electrons. The standard InChI is InChI=1S/C15H17Cl2NO/c16-11-3-1-8(5-12(11)17)10-6-9-2-4-13-15(10)14(19)7-18(9)13/h1,3,5,9-10,13-15,19H,2,4,6-7H2/t9?,10?,13?,14-,15?/m1/s1. The molecule has 1 aromatic carbocycles. The van der Waals surface area contributed by atoms with Gasteiger partial charge in [-0.25, -0.2) is 0 Å². The highest BCUT2D eigenvalue weighted by Gasteiger charge is 2.55. The molecule has 3 aliphatic heterocycles. The van der Waals surface area contributed by atoms with Gasteiger partial charge in [0.05, 0.1) is 16.1 Å². The number of hydrogen-bond acceptors (Lipinski definition) is 2. The van der Waals surface area contributed by atoms with Crippen molar-refractivity contribution in [2.45, 2.75) is 43.4 Å². The lowest BCUT2D eigenvalue weighted by molar-refractivity contribution is 0.113. The smallest absolute Gasteiger partial charge is 0.0716 e. The Morgan fingerprint density at radius 2 is 2.00 bits per heavy atom. The Labute approximate surface area is 123 Å². The first kappa shape index (κ1) is 12.5. The topological polar surface area (TPSA) is 23.5 Å². The van der Waals surface area contributed by atoms with Gasteiger partial charge in [0.2, 0.25) is 0 Å². The molecule has 0 aromatic heterocycles. The molecule has 0 radical (unpaired) electrons. The molecule has 3 fully saturated rings. The van der Waals surface area contributed by atoms with Gasteiger partial charge in [0.25, 0.3) is 0 Å². The van der Waals surface area contributed by atoms with E-state index in [1.165, 1.54) is 18.4 Å². The van der Waals surface area contributed by atoms with Gasteiger partial charge in [-0.05, 0) is 42.9 Å². The second-order valence-electron chi connectivity index (χ2n) is 6.16. The molecule has 0 aliphatic carbocycles. The van der Waals surface area contributed by atoms with Gasteiger partial charge in [-0.1, -0.05) is 29.3 Å². The predicted octanol–water partition coefficient (Wildman–Crippen LogP) is 3.30. The quantitative estimate of drug-likeness (QED) is 0.860. The summed E-state index contributed by atoms with van der Waals surface area (Å²) in [5, 5.41) is 11.6. The summed E-state index contributed by atoms with van der Waals surface area (Å²) in [6, 6.07) is 7.19. The van der Waals surface area contributed by atoms with Gasteiger partial charge in [-0.2, -0.15) is 0 Å². The number of halogens is 2. The molecule has 3 aliphatic rings. The van der Waals surface area contributed by atoms with Crippen molar-refractivity contribution in [1.29, 1.82) is 0 Å². The molecule has 19 heavy (non-hydrogen) atoms. The van der Waals surface area contributed by atoms with E-state index in [2.05, 4.69) is 11.0 Å². The Hall–Kier alpha value is -0.280. The maximum Gasteiger partial charge on any atom is 0.0716 e. The zero-order chi connectivity index (χ0) is 13.1. The van der Waals surface area contributed by atoms with Crippen LogP contribution >= 0.6 is 23.2 Å². The number of piperidine rings is 1. The molecule has 0 spiro atoms. The number of rotatable bonds is 1. The van der Waals surface area contributed by atoms with E-state index in [9.17, 15) is 5.11 Å². The van der Waals surface area contributed by atoms with Gasteiger partial charge in [0.1, 0.15) is 0 Å². The van der Waals surface area contributed by atoms with E-state index in [4.69, 9.17) is 23.2 Å². The molecule has 4 bridgehead atoms. The molecule has 4 rings (SSSR count). The summed E-state index contributed by atoms with van der Waals surface area (Å²) in [6.07, 6.45) is 3.49. The van der Waals surface area contributed by atoms with Crippen LogP contribution < -0.4 is 0 Å². The second kappa shape index (κ2) is 4.36. The van der Waals surface area contributed by atoms with Gasteiger partial charge in [0, 0.05) is 24.5 Å². The van der Waals surface area contributed by atoms with Crippen LogP contribution in [0, 0.1) is 5.92 Å². The Kier molecular flexibility index (Phi) is 2.86. The average Bonchev–Trinajstić information content (AvgIpc) is 2.78. The lowest BCUT2D eigenvalue weighted by atomic mass is 9.77. The summed E-state index contributed by atoms with van der Waals surface area (Å²) in [7, 11) is 0. The minimum Gasteiger partial charge on any atom is -0.391 e. The minimum atomic E-state index is -0.185. The normalized spacial score (nSPS) is 43.7. The molecule has 2 nitrogen and oxygen atoms in total. The van der Waals surface area contributed by atoms with Crippen molar-refractivity contribution in [3.8, 4) is 0 Å². The average molecular weight is 298 g/mol. The van der Waals surface area contributed by atoms with E-state index >= 15 is 0 Å². The van der Waals surface area contributed by atoms with E-state index in [1.807, 2.05) is 12.1 Å². The summed E-state index contributed by atoms with van der Waals surface area (Å²) < 4.78 is 0. The lowest BCUT2D eigenvalue weighted by Crippen LogP contribution is -2.41. The molecule has 4 heteroatoms. The van der Waals surface area contributed by atoms with E-state index < -0.39 is 0 Å². The minimum absolute atomic E-state index is 0.185. The van der Waals surface area contributed by atoms with Crippen LogP contribution in [0.25, 0.3) is 0 Å². The third kappa shape index (κ3) is 1.77. The highest BCUT2D eigenvalue weighted by atomic mass is 35.5. The lowest BCUT2D eigenvalue weighted by Gasteiger charge is -2.37. The van der Waals surface area contributed by atoms with Gasteiger partial charge < -0.3 is 5.11 Å². The molecule has 3 heterocycles. The predicted molar refractivity (Wildman–Crippen MR) is 76.8 cm³/mol. The van der Waals surface area contributed by atoms with Crippen LogP contribution in [0.1, 0.15) is 30.7 Å². The summed E-state index contributed by atoms with van der Waals surface area (Å²) in [5.74, 6) is 0.803. The Morgan fingerprint density at radius 3 is 2.79 bits per heavy atom. The molecule has 5 unspecified atom stereocenters. The summed E-state index contributed by atoms with van der Waals surface area (Å²) in [4.78, 5) is 2.53. The van der Waals surface area contributed by atoms with E-state index in [0.29, 0.717) is 34.0 Å². The first-order chi connectivity index (χ1) is 9.15. The maximum absolute atomic E-state index is 10.4. The first-order valence-corrected chi connectivity index (χ1v) is 7.79. The van der Waals surface area contributed by atoms with E-state index in [0.717, 1.165) is 13.0 Å². The third-order valence-electron chi connectivity index (χ3n) is 5.34. The molecule has 0 amide bonds. The molecular formula is C15H17Cl2NO. The molecule has 3 saturated heterocycles. The fourth-order valence-corrected chi connectivity index (χ4v) is 4.91. The zero-order valence-electron chi connectivity index (χ0n) is 10.6. The van der Waals surface area contributed by atoms with Crippen LogP contribution in [0.5, 0.6) is 0 Å². The van der Waals surface area contributed by atoms with Crippen LogP contribution in [0.15, 0.2) is 18.2 Å². The maximum atomic E-state index is 10.4. The monoisotopic (exact) mass is 297 g/mol. The molecule has 1 aromatic rings. The highest BCUT2D eigenvalue weighted by Crippen LogP contribution is 2.52. The van der Waals surface area contributed by atoms with Crippen LogP contribution in [0.4, 0.5) is 0 Å². The summed E-state index contributed by atoms with van der Waals surface area (Å²) >= 11 is 12.2. The SMILES string of the molecule is O[C@@H]1CN2C3CCC2C1C(c1ccc(Cl)c(Cl)c1)C3. The largest absolute Gasteiger partial charge is 0.391 e. The van der Waals surface area contributed by atoms with Gasteiger partial charge in [-0.3, -0.25) is 4.90 Å². The highest BCUT2D eigenvalue weighted by molar-refractivity contribution is 6.42. The molecule has 6 atom stereocenters. The molecule has 0 saturated carbocycles. The van der Waals surface area contributed by atoms with Crippen molar-refractivity contribution in [1.82, 2.24) is 4.90 Å². The van der Waals surface area contributed by atoms with Gasteiger partial charge in [-0.15, -0.1) is 0 Å². The zero-order valence-corrected chi connectivity index (χ0v) is 12.1. The Morgan fingerprint density at radius 1 is 1.16 bits per heavy atom. The van der Waals surface area contributed by atoms with Crippen LogP contribution in [-0.4, -0.2) is 34.7 Å². The number of benzene rings is 1. The van der Waals surface area contributed by atoms with Gasteiger partial charge >= 0.3 is 0 Å². The molecular weight excluding hydrogens is 281 g/mol. The second-order valence-corrected chi connectivity index (χ2v) is 6.97. The Balaban J connectivity index is 1.73. The summed E-state index contributed by atoms with van der Waals surface area (Å²) in [5.41, 5.74) is 1.25. The number of aliphatic hydroxyl groups excluding tert-OH is 1. The number of nitrogens with zero attached hydrogens (tertiary/aromatic N) is 1. The van der Waals surface area contributed by atoms with E-state index in [1.54, 1.807) is 0 Å². The third-order valence-corrected chi connectivity index (χ3v) is 6.08. The fourth-order valence-electron chi connectivity index (χ4n) is 4.60. The van der Waals surface area contributed by atoms with Crippen molar-refractivity contribution >= 4 is 23.2 Å². The van der Waals surface area contributed by atoms with Crippen molar-refractivity contribution in [2.24, 2.45) is 5.92 Å².